The molecule has 94 valence electrons. The van der Waals surface area contributed by atoms with Gasteiger partial charge in [-0.15, -0.1) is 0 Å². The molecular formula is C14H8BrClN2O. The first-order valence-corrected chi connectivity index (χ1v) is 6.54. The maximum Gasteiger partial charge on any atom is 0.255 e. The van der Waals surface area contributed by atoms with Gasteiger partial charge in [-0.2, -0.15) is 5.26 Å². The van der Waals surface area contributed by atoms with Crippen LogP contribution in [0.3, 0.4) is 0 Å². The molecule has 0 radical (unpaired) electrons. The summed E-state index contributed by atoms with van der Waals surface area (Å²) in [6.07, 6.45) is 0. The maximum atomic E-state index is 12.0. The average Bonchev–Trinajstić information content (AvgIpc) is 2.42. The molecule has 0 aliphatic rings. The van der Waals surface area contributed by atoms with Gasteiger partial charge in [0.1, 0.15) is 0 Å². The molecule has 0 bridgehead atoms. The van der Waals surface area contributed by atoms with Crippen LogP contribution in [0.1, 0.15) is 15.9 Å². The molecule has 1 amide bonds. The van der Waals surface area contributed by atoms with Crippen LogP contribution in [0.15, 0.2) is 46.9 Å². The van der Waals surface area contributed by atoms with E-state index in [1.54, 1.807) is 42.5 Å². The van der Waals surface area contributed by atoms with E-state index in [2.05, 4.69) is 21.2 Å². The van der Waals surface area contributed by atoms with Gasteiger partial charge in [0.15, 0.2) is 0 Å². The molecular weight excluding hydrogens is 328 g/mol. The van der Waals surface area contributed by atoms with Gasteiger partial charge < -0.3 is 5.32 Å². The van der Waals surface area contributed by atoms with Crippen molar-refractivity contribution in [2.45, 2.75) is 0 Å². The number of carbonyl (C=O) groups excluding carboxylic acids is 1. The number of nitriles is 1. The third-order valence-electron chi connectivity index (χ3n) is 2.46. The van der Waals surface area contributed by atoms with Gasteiger partial charge in [-0.25, -0.2) is 0 Å². The Balaban J connectivity index is 2.18. The number of nitrogens with one attached hydrogen (secondary N) is 1. The number of hydrogen-bond acceptors (Lipinski definition) is 2. The fourth-order valence-electron chi connectivity index (χ4n) is 1.48. The molecule has 0 fully saturated rings. The maximum absolute atomic E-state index is 12.0. The first-order chi connectivity index (χ1) is 9.10. The number of rotatable bonds is 2. The lowest BCUT2D eigenvalue weighted by molar-refractivity contribution is 0.102. The van der Waals surface area contributed by atoms with Gasteiger partial charge in [-0.3, -0.25) is 4.79 Å². The fourth-order valence-corrected chi connectivity index (χ4v) is 2.20. The molecule has 0 atom stereocenters. The average molecular weight is 336 g/mol. The van der Waals surface area contributed by atoms with Crippen LogP contribution < -0.4 is 5.32 Å². The van der Waals surface area contributed by atoms with Gasteiger partial charge in [-0.1, -0.05) is 27.5 Å². The zero-order valence-corrected chi connectivity index (χ0v) is 12.0. The minimum absolute atomic E-state index is 0.270. The molecule has 5 heteroatoms. The molecule has 0 saturated heterocycles. The van der Waals surface area contributed by atoms with Crippen molar-refractivity contribution in [2.24, 2.45) is 0 Å². The third-order valence-corrected chi connectivity index (χ3v) is 3.26. The lowest BCUT2D eigenvalue weighted by Gasteiger charge is -2.07. The molecule has 2 aromatic rings. The molecule has 19 heavy (non-hydrogen) atoms. The van der Waals surface area contributed by atoms with Crippen molar-refractivity contribution in [3.8, 4) is 6.07 Å². The molecule has 0 unspecified atom stereocenters. The SMILES string of the molecule is N#Cc1ccc(C(=O)Nc2ccc(Br)cc2Cl)cc1. The van der Waals surface area contributed by atoms with Gasteiger partial charge in [0, 0.05) is 10.0 Å². The largest absolute Gasteiger partial charge is 0.321 e. The Labute approximate surface area is 123 Å². The summed E-state index contributed by atoms with van der Waals surface area (Å²) in [6, 6.07) is 13.6. The monoisotopic (exact) mass is 334 g/mol. The molecule has 0 saturated carbocycles. The van der Waals surface area contributed by atoms with E-state index in [0.717, 1.165) is 4.47 Å². The molecule has 1 N–H and O–H groups in total. The molecule has 0 spiro atoms. The van der Waals surface area contributed by atoms with Crippen LogP contribution in [-0.4, -0.2) is 5.91 Å². The number of carbonyl (C=O) groups is 1. The Hall–Kier alpha value is -1.83. The second kappa shape index (κ2) is 5.87. The van der Waals surface area contributed by atoms with E-state index in [1.807, 2.05) is 6.07 Å². The highest BCUT2D eigenvalue weighted by Gasteiger charge is 2.08. The second-order valence-electron chi connectivity index (χ2n) is 3.77. The first kappa shape index (κ1) is 13.6. The Bertz CT molecular complexity index is 662. The lowest BCUT2D eigenvalue weighted by atomic mass is 10.1. The predicted molar refractivity (Wildman–Crippen MR) is 78.3 cm³/mol. The summed E-state index contributed by atoms with van der Waals surface area (Å²) in [5.41, 5.74) is 1.52. The van der Waals surface area contributed by atoms with Crippen molar-refractivity contribution >= 4 is 39.1 Å². The van der Waals surface area contributed by atoms with E-state index in [0.29, 0.717) is 21.8 Å². The Morgan fingerprint density at radius 3 is 2.47 bits per heavy atom. The van der Waals surface area contributed by atoms with Crippen LogP contribution in [0.4, 0.5) is 5.69 Å². The predicted octanol–water partition coefficient (Wildman–Crippen LogP) is 4.23. The zero-order valence-electron chi connectivity index (χ0n) is 9.65. The van der Waals surface area contributed by atoms with Crippen molar-refractivity contribution in [2.75, 3.05) is 5.32 Å². The van der Waals surface area contributed by atoms with Crippen LogP contribution in [0.2, 0.25) is 5.02 Å². The highest BCUT2D eigenvalue weighted by atomic mass is 79.9. The summed E-state index contributed by atoms with van der Waals surface area (Å²) in [7, 11) is 0. The van der Waals surface area contributed by atoms with Gasteiger partial charge in [0.2, 0.25) is 0 Å². The number of halogens is 2. The Kier molecular flexibility index (Phi) is 4.20. The van der Waals surface area contributed by atoms with Gasteiger partial charge in [-0.05, 0) is 42.5 Å². The number of benzene rings is 2. The van der Waals surface area contributed by atoms with Crippen molar-refractivity contribution in [3.63, 3.8) is 0 Å². The molecule has 0 aromatic heterocycles. The fraction of sp³-hybridized carbons (Fsp3) is 0. The van der Waals surface area contributed by atoms with Crippen LogP contribution in [0.5, 0.6) is 0 Å². The number of nitrogens with zero attached hydrogens (tertiary/aromatic N) is 1. The Morgan fingerprint density at radius 1 is 1.21 bits per heavy atom. The van der Waals surface area contributed by atoms with Crippen LogP contribution in [0, 0.1) is 11.3 Å². The summed E-state index contributed by atoms with van der Waals surface area (Å²) >= 11 is 9.32. The van der Waals surface area contributed by atoms with Gasteiger partial charge >= 0.3 is 0 Å². The topological polar surface area (TPSA) is 52.9 Å². The van der Waals surface area contributed by atoms with E-state index in [4.69, 9.17) is 16.9 Å². The summed E-state index contributed by atoms with van der Waals surface area (Å²) in [4.78, 5) is 12.0. The first-order valence-electron chi connectivity index (χ1n) is 5.37. The van der Waals surface area contributed by atoms with E-state index < -0.39 is 0 Å². The summed E-state index contributed by atoms with van der Waals surface area (Å²) in [6.45, 7) is 0. The molecule has 2 aromatic carbocycles. The van der Waals surface area contributed by atoms with E-state index in [9.17, 15) is 4.79 Å². The standard InChI is InChI=1S/C14H8BrClN2O/c15-11-5-6-13(12(16)7-11)18-14(19)10-3-1-9(8-17)2-4-10/h1-7H,(H,18,19). The minimum atomic E-state index is -0.270. The number of amides is 1. The molecule has 0 aliphatic heterocycles. The smallest absolute Gasteiger partial charge is 0.255 e. The molecule has 0 aliphatic carbocycles. The highest BCUT2D eigenvalue weighted by Crippen LogP contribution is 2.26. The van der Waals surface area contributed by atoms with E-state index in [1.165, 1.54) is 0 Å². The number of anilines is 1. The molecule has 2 rings (SSSR count). The van der Waals surface area contributed by atoms with E-state index >= 15 is 0 Å². The summed E-state index contributed by atoms with van der Waals surface area (Å²) in [5.74, 6) is -0.270. The van der Waals surface area contributed by atoms with Gasteiger partial charge in [0.05, 0.1) is 22.3 Å². The minimum Gasteiger partial charge on any atom is -0.321 e. The van der Waals surface area contributed by atoms with Crippen LogP contribution >= 0.6 is 27.5 Å². The van der Waals surface area contributed by atoms with E-state index in [-0.39, 0.29) is 5.91 Å². The third kappa shape index (κ3) is 3.34. The second-order valence-corrected chi connectivity index (χ2v) is 5.09. The van der Waals surface area contributed by atoms with Crippen molar-refractivity contribution in [3.05, 3.63) is 63.1 Å². The number of hydrogen-bond donors (Lipinski definition) is 1. The van der Waals surface area contributed by atoms with Crippen LogP contribution in [0.25, 0.3) is 0 Å². The van der Waals surface area contributed by atoms with Gasteiger partial charge in [0.25, 0.3) is 5.91 Å². The molecule has 0 heterocycles. The van der Waals surface area contributed by atoms with Crippen molar-refractivity contribution in [1.29, 1.82) is 5.26 Å². The quantitative estimate of drug-likeness (QED) is 0.893. The van der Waals surface area contributed by atoms with Crippen LogP contribution in [-0.2, 0) is 0 Å². The molecule has 3 nitrogen and oxygen atoms in total. The Morgan fingerprint density at radius 2 is 1.89 bits per heavy atom. The normalized spacial score (nSPS) is 9.74. The highest BCUT2D eigenvalue weighted by molar-refractivity contribution is 9.10. The van der Waals surface area contributed by atoms with Crippen molar-refractivity contribution in [1.82, 2.24) is 0 Å². The zero-order chi connectivity index (χ0) is 13.8. The van der Waals surface area contributed by atoms with Crippen molar-refractivity contribution < 1.29 is 4.79 Å². The summed E-state index contributed by atoms with van der Waals surface area (Å²) < 4.78 is 0.842. The summed E-state index contributed by atoms with van der Waals surface area (Å²) in [5, 5.41) is 11.9. The lowest BCUT2D eigenvalue weighted by Crippen LogP contribution is -2.12.